The van der Waals surface area contributed by atoms with E-state index in [9.17, 15) is 4.39 Å². The minimum atomic E-state index is -0.198. The largest absolute Gasteiger partial charge is 0.207 e. The van der Waals surface area contributed by atoms with Crippen LogP contribution in [0.5, 0.6) is 0 Å². The Balaban J connectivity index is 2.09. The van der Waals surface area contributed by atoms with Crippen molar-refractivity contribution in [2.45, 2.75) is 12.3 Å². The van der Waals surface area contributed by atoms with Crippen LogP contribution in [0.4, 0.5) is 4.39 Å². The molecular weight excluding hydrogens is 199 g/mol. The Morgan fingerprint density at radius 2 is 1.56 bits per heavy atom. The predicted octanol–water partition coefficient (Wildman–Crippen LogP) is 3.99. The van der Waals surface area contributed by atoms with Crippen LogP contribution in [0, 0.1) is 12.7 Å². The Bertz CT molecular complexity index is 431. The van der Waals surface area contributed by atoms with E-state index in [-0.39, 0.29) is 11.7 Å². The monoisotopic (exact) mass is 213 g/mol. The van der Waals surface area contributed by atoms with Crippen LogP contribution in [-0.2, 0) is 6.42 Å². The summed E-state index contributed by atoms with van der Waals surface area (Å²) in [6.07, 6.45) is 0.881. The molecule has 1 unspecified atom stereocenters. The molecule has 0 aromatic heterocycles. The smallest absolute Gasteiger partial charge is 0.123 e. The van der Waals surface area contributed by atoms with Gasteiger partial charge < -0.3 is 0 Å². The maximum Gasteiger partial charge on any atom is 0.123 e. The fraction of sp³-hybridized carbons (Fsp3) is 0.133. The molecule has 0 saturated heterocycles. The quantitative estimate of drug-likeness (QED) is 0.723. The summed E-state index contributed by atoms with van der Waals surface area (Å²) in [7, 11) is 0. The van der Waals surface area contributed by atoms with Crippen LogP contribution >= 0.6 is 0 Å². The molecular formula is C15H14F. The SMILES string of the molecule is [CH2]C(Cc1ccccc1)c1ccc(F)cc1. The topological polar surface area (TPSA) is 0 Å². The van der Waals surface area contributed by atoms with Crippen LogP contribution in [0.15, 0.2) is 54.6 Å². The molecule has 2 aromatic carbocycles. The van der Waals surface area contributed by atoms with Gasteiger partial charge in [-0.2, -0.15) is 0 Å². The molecule has 0 amide bonds. The van der Waals surface area contributed by atoms with E-state index in [1.165, 1.54) is 17.7 Å². The third-order valence-corrected chi connectivity index (χ3v) is 2.67. The van der Waals surface area contributed by atoms with Gasteiger partial charge in [-0.05, 0) is 42.5 Å². The third kappa shape index (κ3) is 2.69. The van der Waals surface area contributed by atoms with E-state index in [1.807, 2.05) is 18.2 Å². The number of hydrogen-bond acceptors (Lipinski definition) is 0. The van der Waals surface area contributed by atoms with E-state index in [0.717, 1.165) is 12.0 Å². The summed E-state index contributed by atoms with van der Waals surface area (Å²) in [5, 5.41) is 0. The highest BCUT2D eigenvalue weighted by atomic mass is 19.1. The summed E-state index contributed by atoms with van der Waals surface area (Å²) < 4.78 is 12.8. The number of rotatable bonds is 3. The zero-order chi connectivity index (χ0) is 11.4. The van der Waals surface area contributed by atoms with Crippen molar-refractivity contribution in [2.75, 3.05) is 0 Å². The van der Waals surface area contributed by atoms with Gasteiger partial charge in [0.25, 0.3) is 0 Å². The summed E-state index contributed by atoms with van der Waals surface area (Å²) in [6, 6.07) is 16.8. The Morgan fingerprint density at radius 1 is 0.938 bits per heavy atom. The van der Waals surface area contributed by atoms with Crippen LogP contribution < -0.4 is 0 Å². The van der Waals surface area contributed by atoms with Crippen LogP contribution in [0.25, 0.3) is 0 Å². The molecule has 81 valence electrons. The molecule has 0 bridgehead atoms. The normalized spacial score (nSPS) is 12.4. The third-order valence-electron chi connectivity index (χ3n) is 2.67. The average molecular weight is 213 g/mol. The van der Waals surface area contributed by atoms with Crippen molar-refractivity contribution >= 4 is 0 Å². The van der Waals surface area contributed by atoms with Gasteiger partial charge in [0.2, 0.25) is 0 Å². The van der Waals surface area contributed by atoms with Gasteiger partial charge in [-0.3, -0.25) is 0 Å². The second-order valence-electron chi connectivity index (χ2n) is 3.94. The Morgan fingerprint density at radius 3 is 2.19 bits per heavy atom. The summed E-state index contributed by atoms with van der Waals surface area (Å²) in [5.41, 5.74) is 2.33. The molecule has 0 N–H and O–H groups in total. The summed E-state index contributed by atoms with van der Waals surface area (Å²) in [6.45, 7) is 4.11. The van der Waals surface area contributed by atoms with E-state index >= 15 is 0 Å². The average Bonchev–Trinajstić information content (AvgIpc) is 2.31. The Hall–Kier alpha value is -1.63. The molecule has 0 fully saturated rings. The summed E-state index contributed by atoms with van der Waals surface area (Å²) in [5.74, 6) is -0.0290. The lowest BCUT2D eigenvalue weighted by atomic mass is 9.94. The fourth-order valence-electron chi connectivity index (χ4n) is 1.75. The summed E-state index contributed by atoms with van der Waals surface area (Å²) >= 11 is 0. The van der Waals surface area contributed by atoms with Gasteiger partial charge in [-0.15, -0.1) is 0 Å². The van der Waals surface area contributed by atoms with Crippen LogP contribution in [0.3, 0.4) is 0 Å². The van der Waals surface area contributed by atoms with Gasteiger partial charge in [0, 0.05) is 0 Å². The molecule has 16 heavy (non-hydrogen) atoms. The molecule has 0 heterocycles. The van der Waals surface area contributed by atoms with Crippen LogP contribution in [0.1, 0.15) is 17.0 Å². The van der Waals surface area contributed by atoms with Gasteiger partial charge >= 0.3 is 0 Å². The highest BCUT2D eigenvalue weighted by Gasteiger charge is 2.06. The lowest BCUT2D eigenvalue weighted by Crippen LogP contribution is -1.98. The molecule has 0 spiro atoms. The van der Waals surface area contributed by atoms with Crippen LogP contribution in [-0.4, -0.2) is 0 Å². The zero-order valence-electron chi connectivity index (χ0n) is 9.07. The number of benzene rings is 2. The van der Waals surface area contributed by atoms with Crippen LogP contribution in [0.2, 0.25) is 0 Å². The molecule has 0 aliphatic rings. The highest BCUT2D eigenvalue weighted by molar-refractivity contribution is 5.25. The maximum atomic E-state index is 12.8. The van der Waals surface area contributed by atoms with Crippen molar-refractivity contribution in [3.8, 4) is 0 Å². The first-order valence-corrected chi connectivity index (χ1v) is 5.38. The van der Waals surface area contributed by atoms with Gasteiger partial charge in [0.1, 0.15) is 5.82 Å². The van der Waals surface area contributed by atoms with E-state index in [1.54, 1.807) is 12.1 Å². The first-order valence-electron chi connectivity index (χ1n) is 5.38. The maximum absolute atomic E-state index is 12.8. The number of hydrogen-bond donors (Lipinski definition) is 0. The van der Waals surface area contributed by atoms with Crippen molar-refractivity contribution < 1.29 is 4.39 Å². The minimum Gasteiger partial charge on any atom is -0.207 e. The Kier molecular flexibility index (Phi) is 3.35. The van der Waals surface area contributed by atoms with Gasteiger partial charge in [0.15, 0.2) is 0 Å². The molecule has 2 aromatic rings. The molecule has 0 nitrogen and oxygen atoms in total. The molecule has 1 heteroatoms. The molecule has 0 aliphatic heterocycles. The van der Waals surface area contributed by atoms with Crippen molar-refractivity contribution in [2.24, 2.45) is 0 Å². The van der Waals surface area contributed by atoms with E-state index in [0.29, 0.717) is 0 Å². The number of halogens is 1. The van der Waals surface area contributed by atoms with Crippen molar-refractivity contribution in [1.82, 2.24) is 0 Å². The zero-order valence-corrected chi connectivity index (χ0v) is 9.07. The van der Waals surface area contributed by atoms with E-state index in [2.05, 4.69) is 19.1 Å². The first-order chi connectivity index (χ1) is 7.75. The minimum absolute atomic E-state index is 0.169. The second kappa shape index (κ2) is 4.93. The molecule has 2 rings (SSSR count). The van der Waals surface area contributed by atoms with E-state index < -0.39 is 0 Å². The highest BCUT2D eigenvalue weighted by Crippen LogP contribution is 2.19. The van der Waals surface area contributed by atoms with Gasteiger partial charge in [-0.25, -0.2) is 4.39 Å². The van der Waals surface area contributed by atoms with Crippen molar-refractivity contribution in [1.29, 1.82) is 0 Å². The Labute approximate surface area is 95.7 Å². The van der Waals surface area contributed by atoms with Crippen molar-refractivity contribution in [3.05, 3.63) is 78.5 Å². The van der Waals surface area contributed by atoms with E-state index in [4.69, 9.17) is 0 Å². The summed E-state index contributed by atoms with van der Waals surface area (Å²) in [4.78, 5) is 0. The lowest BCUT2D eigenvalue weighted by molar-refractivity contribution is 0.626. The van der Waals surface area contributed by atoms with Gasteiger partial charge in [-0.1, -0.05) is 42.5 Å². The van der Waals surface area contributed by atoms with Gasteiger partial charge in [0.05, 0.1) is 0 Å². The second-order valence-corrected chi connectivity index (χ2v) is 3.94. The van der Waals surface area contributed by atoms with Crippen molar-refractivity contribution in [3.63, 3.8) is 0 Å². The lowest BCUT2D eigenvalue weighted by Gasteiger charge is -2.11. The molecule has 1 radical (unpaired) electrons. The molecule has 1 atom stereocenters. The first kappa shape index (κ1) is 10.9. The fourth-order valence-corrected chi connectivity index (χ4v) is 1.75. The molecule has 0 saturated carbocycles. The predicted molar refractivity (Wildman–Crippen MR) is 64.6 cm³/mol. The molecule has 0 aliphatic carbocycles. The standard InChI is InChI=1S/C15H14F/c1-12(11-13-5-3-2-4-6-13)14-7-9-15(16)10-8-14/h2-10,12H,1,11H2.